The molecule has 154 valence electrons. The zero-order valence-electron chi connectivity index (χ0n) is 16.2. The van der Waals surface area contributed by atoms with E-state index in [1.165, 1.54) is 23.1 Å². The third kappa shape index (κ3) is 3.99. The Morgan fingerprint density at radius 1 is 1.03 bits per heavy atom. The summed E-state index contributed by atoms with van der Waals surface area (Å²) in [6, 6.07) is 16.3. The topological polar surface area (TPSA) is 106 Å². The highest BCUT2D eigenvalue weighted by molar-refractivity contribution is 7.80. The van der Waals surface area contributed by atoms with Gasteiger partial charge in [-0.2, -0.15) is 0 Å². The Balaban J connectivity index is 1.63. The van der Waals surface area contributed by atoms with Crippen LogP contribution in [0.3, 0.4) is 0 Å². The first kappa shape index (κ1) is 20.2. The van der Waals surface area contributed by atoms with E-state index < -0.39 is 16.7 Å². The van der Waals surface area contributed by atoms with Crippen molar-refractivity contribution in [2.24, 2.45) is 0 Å². The highest BCUT2D eigenvalue weighted by Crippen LogP contribution is 2.27. The smallest absolute Gasteiger partial charge is 0.270 e. The first-order chi connectivity index (χ1) is 14.8. The van der Waals surface area contributed by atoms with Crippen molar-refractivity contribution in [3.63, 3.8) is 0 Å². The third-order valence-corrected chi connectivity index (χ3v) is 4.95. The molecule has 1 aliphatic rings. The van der Waals surface area contributed by atoms with Crippen LogP contribution in [0.15, 0.2) is 70.7 Å². The molecule has 3 aromatic rings. The van der Waals surface area contributed by atoms with E-state index in [1.54, 1.807) is 36.4 Å². The summed E-state index contributed by atoms with van der Waals surface area (Å²) in [6.45, 7) is 1.92. The van der Waals surface area contributed by atoms with E-state index in [2.05, 4.69) is 5.32 Å². The lowest BCUT2D eigenvalue weighted by atomic mass is 10.1. The molecule has 0 aliphatic carbocycles. The van der Waals surface area contributed by atoms with E-state index in [4.69, 9.17) is 16.6 Å². The van der Waals surface area contributed by atoms with Crippen molar-refractivity contribution in [1.29, 1.82) is 0 Å². The van der Waals surface area contributed by atoms with Crippen LogP contribution in [0.4, 0.5) is 11.4 Å². The fraction of sp³-hybridized carbons (Fsp3) is 0.0455. The number of carbonyl (C=O) groups excluding carboxylic acids is 2. The number of thiocarbonyl (C=S) groups is 1. The van der Waals surface area contributed by atoms with Crippen LogP contribution in [-0.2, 0) is 9.59 Å². The number of nitrogens with zero attached hydrogens (tertiary/aromatic N) is 2. The molecule has 1 N–H and O–H groups in total. The second-order valence-electron chi connectivity index (χ2n) is 6.80. The number of anilines is 1. The molecule has 0 saturated carbocycles. The first-order valence-corrected chi connectivity index (χ1v) is 9.57. The molecule has 0 unspecified atom stereocenters. The maximum atomic E-state index is 13.0. The molecular weight excluding hydrogens is 418 g/mol. The number of hydrogen-bond donors (Lipinski definition) is 1. The second-order valence-corrected chi connectivity index (χ2v) is 7.19. The molecule has 1 fully saturated rings. The Hall–Kier alpha value is -4.11. The lowest BCUT2D eigenvalue weighted by Gasteiger charge is -2.28. The quantitative estimate of drug-likeness (QED) is 0.219. The molecule has 31 heavy (non-hydrogen) atoms. The number of nitro groups is 1. The van der Waals surface area contributed by atoms with Crippen molar-refractivity contribution in [3.05, 3.63) is 87.7 Å². The predicted molar refractivity (Wildman–Crippen MR) is 118 cm³/mol. The molecule has 9 heteroatoms. The largest absolute Gasteiger partial charge is 0.457 e. The number of non-ortho nitro benzene ring substituents is 1. The number of nitro benzene ring substituents is 1. The second kappa shape index (κ2) is 7.96. The summed E-state index contributed by atoms with van der Waals surface area (Å²) in [5.74, 6) is -0.461. The molecule has 1 aromatic heterocycles. The van der Waals surface area contributed by atoms with Gasteiger partial charge in [-0.25, -0.2) is 0 Å². The molecule has 2 heterocycles. The first-order valence-electron chi connectivity index (χ1n) is 9.16. The van der Waals surface area contributed by atoms with Gasteiger partial charge in [0.25, 0.3) is 17.5 Å². The monoisotopic (exact) mass is 433 g/mol. The minimum absolute atomic E-state index is 0.00187. The van der Waals surface area contributed by atoms with Gasteiger partial charge >= 0.3 is 0 Å². The Kier molecular flexibility index (Phi) is 5.18. The van der Waals surface area contributed by atoms with E-state index >= 15 is 0 Å². The molecule has 1 aliphatic heterocycles. The lowest BCUT2D eigenvalue weighted by Crippen LogP contribution is -2.54. The number of furan rings is 1. The third-order valence-electron chi connectivity index (χ3n) is 4.67. The molecule has 0 atom stereocenters. The van der Waals surface area contributed by atoms with E-state index in [9.17, 15) is 19.7 Å². The van der Waals surface area contributed by atoms with Crippen molar-refractivity contribution < 1.29 is 18.9 Å². The van der Waals surface area contributed by atoms with Crippen LogP contribution < -0.4 is 10.2 Å². The highest BCUT2D eigenvalue weighted by Gasteiger charge is 2.34. The van der Waals surface area contributed by atoms with Gasteiger partial charge in [-0.1, -0.05) is 17.7 Å². The van der Waals surface area contributed by atoms with Gasteiger partial charge in [-0.05, 0) is 61.6 Å². The Morgan fingerprint density at radius 3 is 2.35 bits per heavy atom. The molecule has 2 amide bonds. The fourth-order valence-electron chi connectivity index (χ4n) is 3.06. The summed E-state index contributed by atoms with van der Waals surface area (Å²) in [5.41, 5.74) is 2.02. The number of rotatable bonds is 4. The molecule has 4 rings (SSSR count). The average Bonchev–Trinajstić information content (AvgIpc) is 3.21. The van der Waals surface area contributed by atoms with Gasteiger partial charge in [0, 0.05) is 17.7 Å². The van der Waals surface area contributed by atoms with Crippen LogP contribution in [0, 0.1) is 17.0 Å². The summed E-state index contributed by atoms with van der Waals surface area (Å²) >= 11 is 5.19. The predicted octanol–water partition coefficient (Wildman–Crippen LogP) is 3.99. The summed E-state index contributed by atoms with van der Waals surface area (Å²) in [5, 5.41) is 13.3. The van der Waals surface area contributed by atoms with Crippen LogP contribution in [0.25, 0.3) is 17.4 Å². The standard InChI is InChI=1S/C22H15N3O5S/c1-13-2-6-15(7-3-13)24-21(27)18(20(26)23-22(24)31)12-17-10-11-19(30-17)14-4-8-16(9-5-14)25(28)29/h2-12H,1H3,(H,23,26,31)/b18-12-. The van der Waals surface area contributed by atoms with Gasteiger partial charge in [0.05, 0.1) is 10.6 Å². The van der Waals surface area contributed by atoms with Gasteiger partial charge in [0.1, 0.15) is 17.1 Å². The molecule has 8 nitrogen and oxygen atoms in total. The molecule has 0 bridgehead atoms. The van der Waals surface area contributed by atoms with Gasteiger partial charge in [-0.3, -0.25) is 29.9 Å². The van der Waals surface area contributed by atoms with Crippen molar-refractivity contribution in [2.45, 2.75) is 6.92 Å². The number of nitrogens with one attached hydrogen (secondary N) is 1. The minimum atomic E-state index is -0.619. The van der Waals surface area contributed by atoms with Gasteiger partial charge in [0.2, 0.25) is 0 Å². The van der Waals surface area contributed by atoms with Crippen molar-refractivity contribution >= 4 is 46.6 Å². The Morgan fingerprint density at radius 2 is 1.71 bits per heavy atom. The van der Waals surface area contributed by atoms with Crippen LogP contribution in [0.5, 0.6) is 0 Å². The van der Waals surface area contributed by atoms with Crippen molar-refractivity contribution in [1.82, 2.24) is 5.32 Å². The van der Waals surface area contributed by atoms with Crippen LogP contribution >= 0.6 is 12.2 Å². The summed E-state index contributed by atoms with van der Waals surface area (Å²) in [6.07, 6.45) is 1.34. The van der Waals surface area contributed by atoms with Crippen molar-refractivity contribution in [2.75, 3.05) is 4.90 Å². The summed E-state index contributed by atoms with van der Waals surface area (Å²) in [4.78, 5) is 37.0. The maximum Gasteiger partial charge on any atom is 0.270 e. The maximum absolute atomic E-state index is 13.0. The van der Waals surface area contributed by atoms with Gasteiger partial charge < -0.3 is 4.42 Å². The summed E-state index contributed by atoms with van der Waals surface area (Å²) < 4.78 is 5.72. The van der Waals surface area contributed by atoms with Gasteiger partial charge in [0.15, 0.2) is 5.11 Å². The van der Waals surface area contributed by atoms with E-state index in [-0.39, 0.29) is 22.1 Å². The van der Waals surface area contributed by atoms with E-state index in [0.29, 0.717) is 17.0 Å². The number of aryl methyl sites for hydroxylation is 1. The van der Waals surface area contributed by atoms with Crippen LogP contribution in [0.2, 0.25) is 0 Å². The Labute approximate surface area is 181 Å². The number of carbonyl (C=O) groups is 2. The minimum Gasteiger partial charge on any atom is -0.457 e. The number of amides is 2. The van der Waals surface area contributed by atoms with Crippen LogP contribution in [0.1, 0.15) is 11.3 Å². The normalized spacial score (nSPS) is 15.3. The van der Waals surface area contributed by atoms with Gasteiger partial charge in [-0.15, -0.1) is 0 Å². The Bertz CT molecular complexity index is 1240. The zero-order chi connectivity index (χ0) is 22.1. The highest BCUT2D eigenvalue weighted by atomic mass is 32.1. The fourth-order valence-corrected chi connectivity index (χ4v) is 3.34. The van der Waals surface area contributed by atoms with E-state index in [0.717, 1.165) is 5.56 Å². The van der Waals surface area contributed by atoms with E-state index in [1.807, 2.05) is 19.1 Å². The molecule has 1 saturated heterocycles. The van der Waals surface area contributed by atoms with Crippen molar-refractivity contribution in [3.8, 4) is 11.3 Å². The lowest BCUT2D eigenvalue weighted by molar-refractivity contribution is -0.384. The molecule has 0 spiro atoms. The molecule has 0 radical (unpaired) electrons. The SMILES string of the molecule is Cc1ccc(N2C(=O)/C(=C\c3ccc(-c4ccc([N+](=O)[O-])cc4)o3)C(=O)NC2=S)cc1. The summed E-state index contributed by atoms with van der Waals surface area (Å²) in [7, 11) is 0. The van der Waals surface area contributed by atoms with Crippen LogP contribution in [-0.4, -0.2) is 21.9 Å². The molecule has 2 aromatic carbocycles. The molecular formula is C22H15N3O5S. The number of hydrogen-bond acceptors (Lipinski definition) is 6. The number of benzene rings is 2. The average molecular weight is 433 g/mol. The zero-order valence-corrected chi connectivity index (χ0v) is 17.0.